The molecule has 2 aromatic heterocycles. The number of ether oxygens (including phenoxy) is 1. The molecule has 0 bridgehead atoms. The first-order chi connectivity index (χ1) is 16.2. The number of aromatic nitrogens is 1. The van der Waals surface area contributed by atoms with Crippen LogP contribution in [0.3, 0.4) is 0 Å². The number of pyridine rings is 1. The summed E-state index contributed by atoms with van der Waals surface area (Å²) >= 11 is 1.41. The number of anilines is 1. The number of benzene rings is 1. The van der Waals surface area contributed by atoms with Crippen molar-refractivity contribution in [1.29, 1.82) is 0 Å². The normalized spacial score (nSPS) is 17.7. The summed E-state index contributed by atoms with van der Waals surface area (Å²) in [6.07, 6.45) is 2.68. The number of carbonyl (C=O) groups is 2. The number of thiophene rings is 1. The maximum atomic E-state index is 12.8. The molecule has 3 aromatic rings. The van der Waals surface area contributed by atoms with Gasteiger partial charge in [0.15, 0.2) is 0 Å². The maximum absolute atomic E-state index is 12.8. The Morgan fingerprint density at radius 2 is 1.79 bits per heavy atom. The first kappa shape index (κ1) is 21.8. The molecule has 33 heavy (non-hydrogen) atoms. The topological polar surface area (TPSA) is 78.0 Å². The second kappa shape index (κ2) is 9.86. The Bertz CT molecular complexity index is 1090. The van der Waals surface area contributed by atoms with Crippen LogP contribution in [0.15, 0.2) is 48.7 Å². The minimum absolute atomic E-state index is 0.0611. The minimum atomic E-state index is -0.0857. The van der Waals surface area contributed by atoms with Gasteiger partial charge in [0, 0.05) is 62.1 Å². The van der Waals surface area contributed by atoms with Gasteiger partial charge in [0.2, 0.25) is 0 Å². The number of hydrogen-bond acceptors (Lipinski definition) is 7. The third-order valence-corrected chi connectivity index (χ3v) is 7.11. The second-order valence-electron chi connectivity index (χ2n) is 8.23. The number of hydrazine groups is 1. The molecule has 5 rings (SSSR count). The summed E-state index contributed by atoms with van der Waals surface area (Å²) in [6.45, 7) is 5.71. The third kappa shape index (κ3) is 5.00. The van der Waals surface area contributed by atoms with E-state index < -0.39 is 0 Å². The van der Waals surface area contributed by atoms with Crippen LogP contribution >= 0.6 is 11.3 Å². The van der Waals surface area contributed by atoms with E-state index >= 15 is 0 Å². The van der Waals surface area contributed by atoms with E-state index in [1.165, 1.54) is 11.3 Å². The summed E-state index contributed by atoms with van der Waals surface area (Å²) < 4.78 is 5.33. The fourth-order valence-electron chi connectivity index (χ4n) is 4.24. The highest BCUT2D eigenvalue weighted by Gasteiger charge is 2.21. The van der Waals surface area contributed by atoms with Crippen molar-refractivity contribution in [2.75, 3.05) is 57.4 Å². The van der Waals surface area contributed by atoms with Gasteiger partial charge in [-0.2, -0.15) is 0 Å². The third-order valence-electron chi connectivity index (χ3n) is 6.05. The number of rotatable bonds is 4. The first-order valence-electron chi connectivity index (χ1n) is 11.3. The van der Waals surface area contributed by atoms with E-state index in [0.29, 0.717) is 36.7 Å². The quantitative estimate of drug-likeness (QED) is 0.638. The summed E-state index contributed by atoms with van der Waals surface area (Å²) in [6, 6.07) is 13.6. The fraction of sp³-hybridized carbons (Fsp3) is 0.375. The van der Waals surface area contributed by atoms with Crippen molar-refractivity contribution in [2.45, 2.75) is 6.42 Å². The van der Waals surface area contributed by atoms with Gasteiger partial charge in [-0.15, -0.1) is 11.3 Å². The van der Waals surface area contributed by atoms with Crippen molar-refractivity contribution in [3.8, 4) is 0 Å². The molecule has 0 radical (unpaired) electrons. The van der Waals surface area contributed by atoms with Gasteiger partial charge < -0.3 is 14.5 Å². The molecule has 0 saturated carbocycles. The SMILES string of the molecule is O=C(NN1CCCN(c2ccc(C(=O)N3CCOCC3)cc2)CC1)c1cc2cccnc2s1. The predicted octanol–water partition coefficient (Wildman–Crippen LogP) is 2.63. The summed E-state index contributed by atoms with van der Waals surface area (Å²) in [7, 11) is 0. The summed E-state index contributed by atoms with van der Waals surface area (Å²) in [5, 5.41) is 2.99. The van der Waals surface area contributed by atoms with Gasteiger partial charge in [-0.25, -0.2) is 9.99 Å². The van der Waals surface area contributed by atoms with Crippen LogP contribution in [0.2, 0.25) is 0 Å². The zero-order valence-electron chi connectivity index (χ0n) is 18.4. The van der Waals surface area contributed by atoms with Gasteiger partial charge >= 0.3 is 0 Å². The Balaban J connectivity index is 1.17. The number of carbonyl (C=O) groups excluding carboxylic acids is 2. The molecule has 2 aliphatic heterocycles. The predicted molar refractivity (Wildman–Crippen MR) is 129 cm³/mol. The molecule has 0 spiro atoms. The standard InChI is InChI=1S/C24H27N5O3S/c30-22(21-17-19-3-1-8-25-23(19)33-21)26-29-10-2-9-27(11-12-29)20-6-4-18(5-7-20)24(31)28-13-15-32-16-14-28/h1,3-8,17H,2,9-16H2,(H,26,30). The van der Waals surface area contributed by atoms with E-state index in [4.69, 9.17) is 4.74 Å². The molecular formula is C24H27N5O3S. The Hall–Kier alpha value is -3.01. The monoisotopic (exact) mass is 465 g/mol. The van der Waals surface area contributed by atoms with E-state index in [1.54, 1.807) is 6.20 Å². The molecule has 0 aliphatic carbocycles. The highest BCUT2D eigenvalue weighted by Crippen LogP contribution is 2.23. The van der Waals surface area contributed by atoms with Gasteiger partial charge in [-0.1, -0.05) is 6.07 Å². The van der Waals surface area contributed by atoms with Crippen molar-refractivity contribution in [3.05, 3.63) is 59.1 Å². The molecular weight excluding hydrogens is 438 g/mol. The summed E-state index contributed by atoms with van der Waals surface area (Å²) in [5.74, 6) is -0.0246. The molecule has 0 unspecified atom stereocenters. The highest BCUT2D eigenvalue weighted by atomic mass is 32.1. The average Bonchev–Trinajstić information content (AvgIpc) is 3.17. The van der Waals surface area contributed by atoms with Gasteiger partial charge in [0.1, 0.15) is 4.83 Å². The lowest BCUT2D eigenvalue weighted by molar-refractivity contribution is 0.0303. The van der Waals surface area contributed by atoms with E-state index in [9.17, 15) is 9.59 Å². The van der Waals surface area contributed by atoms with Crippen molar-refractivity contribution in [1.82, 2.24) is 20.3 Å². The average molecular weight is 466 g/mol. The molecule has 9 heteroatoms. The Morgan fingerprint density at radius 1 is 0.970 bits per heavy atom. The summed E-state index contributed by atoms with van der Waals surface area (Å²) in [5.41, 5.74) is 4.86. The fourth-order valence-corrected chi connectivity index (χ4v) is 5.13. The van der Waals surface area contributed by atoms with Crippen LogP contribution < -0.4 is 10.3 Å². The highest BCUT2D eigenvalue weighted by molar-refractivity contribution is 7.20. The number of nitrogens with one attached hydrogen (secondary N) is 1. The number of fused-ring (bicyclic) bond motifs is 1. The van der Waals surface area contributed by atoms with Crippen LogP contribution in [0.25, 0.3) is 10.2 Å². The summed E-state index contributed by atoms with van der Waals surface area (Å²) in [4.78, 5) is 35.4. The molecule has 172 valence electrons. The van der Waals surface area contributed by atoms with Gasteiger partial charge in [0.05, 0.1) is 18.1 Å². The lowest BCUT2D eigenvalue weighted by Gasteiger charge is -2.27. The molecule has 2 fully saturated rings. The lowest BCUT2D eigenvalue weighted by atomic mass is 10.1. The van der Waals surface area contributed by atoms with Crippen LogP contribution in [0.4, 0.5) is 5.69 Å². The Kier molecular flexibility index (Phi) is 6.52. The van der Waals surface area contributed by atoms with Crippen molar-refractivity contribution in [3.63, 3.8) is 0 Å². The van der Waals surface area contributed by atoms with Crippen LogP contribution in [0.5, 0.6) is 0 Å². The van der Waals surface area contributed by atoms with Crippen molar-refractivity contribution in [2.24, 2.45) is 0 Å². The Morgan fingerprint density at radius 3 is 2.58 bits per heavy atom. The molecule has 2 saturated heterocycles. The number of nitrogens with zero attached hydrogens (tertiary/aromatic N) is 4. The van der Waals surface area contributed by atoms with Gasteiger partial charge in [0.25, 0.3) is 11.8 Å². The molecule has 4 heterocycles. The molecule has 1 N–H and O–H groups in total. The first-order valence-corrected chi connectivity index (χ1v) is 12.1. The molecule has 8 nitrogen and oxygen atoms in total. The lowest BCUT2D eigenvalue weighted by Crippen LogP contribution is -2.44. The zero-order valence-corrected chi connectivity index (χ0v) is 19.2. The van der Waals surface area contributed by atoms with Crippen LogP contribution in [0.1, 0.15) is 26.5 Å². The van der Waals surface area contributed by atoms with Crippen LogP contribution in [-0.4, -0.2) is 79.2 Å². The van der Waals surface area contributed by atoms with E-state index in [1.807, 2.05) is 52.4 Å². The molecule has 2 amide bonds. The number of morpholine rings is 1. The number of hydrogen-bond donors (Lipinski definition) is 1. The maximum Gasteiger partial charge on any atom is 0.275 e. The van der Waals surface area contributed by atoms with E-state index in [0.717, 1.165) is 48.5 Å². The van der Waals surface area contributed by atoms with E-state index in [-0.39, 0.29) is 11.8 Å². The minimum Gasteiger partial charge on any atom is -0.378 e. The van der Waals surface area contributed by atoms with E-state index in [2.05, 4.69) is 15.3 Å². The van der Waals surface area contributed by atoms with Crippen molar-refractivity contribution < 1.29 is 14.3 Å². The molecule has 2 aliphatic rings. The van der Waals surface area contributed by atoms with Crippen molar-refractivity contribution >= 4 is 39.1 Å². The van der Waals surface area contributed by atoms with Gasteiger partial charge in [-0.3, -0.25) is 15.0 Å². The zero-order chi connectivity index (χ0) is 22.6. The smallest absolute Gasteiger partial charge is 0.275 e. The molecule has 1 aromatic carbocycles. The van der Waals surface area contributed by atoms with Gasteiger partial charge in [-0.05, 0) is 42.8 Å². The van der Waals surface area contributed by atoms with Crippen LogP contribution in [0, 0.1) is 0 Å². The number of amides is 2. The van der Waals surface area contributed by atoms with Crippen LogP contribution in [-0.2, 0) is 4.74 Å². The largest absolute Gasteiger partial charge is 0.378 e. The Labute approximate surface area is 196 Å². The molecule has 0 atom stereocenters. The second-order valence-corrected chi connectivity index (χ2v) is 9.26.